The molecule has 0 radical (unpaired) electrons. The number of carbonyl (C=O) groups excluding carboxylic acids is 1. The molecule has 144 valence electrons. The Morgan fingerprint density at radius 3 is 2.32 bits per heavy atom. The standard InChI is InChI=1S/C24H25NO3/c1-27-23-13-6-5-12-22(23)15-24(26)25-16-20-10-7-11-21(14-20)18-28-17-19-8-3-2-4-9-19/h2-14H,15-18H2,1H3,(H,25,26). The number of hydrogen-bond acceptors (Lipinski definition) is 3. The Labute approximate surface area is 166 Å². The summed E-state index contributed by atoms with van der Waals surface area (Å²) in [5, 5.41) is 2.97. The smallest absolute Gasteiger partial charge is 0.224 e. The normalized spacial score (nSPS) is 10.5. The van der Waals surface area contributed by atoms with Gasteiger partial charge in [0.05, 0.1) is 26.7 Å². The van der Waals surface area contributed by atoms with Crippen LogP contribution in [0, 0.1) is 0 Å². The maximum Gasteiger partial charge on any atom is 0.224 e. The number of carbonyl (C=O) groups is 1. The van der Waals surface area contributed by atoms with E-state index in [1.54, 1.807) is 7.11 Å². The fourth-order valence-corrected chi connectivity index (χ4v) is 2.98. The van der Waals surface area contributed by atoms with Crippen molar-refractivity contribution in [2.45, 2.75) is 26.2 Å². The maximum absolute atomic E-state index is 12.3. The number of ether oxygens (including phenoxy) is 2. The zero-order chi connectivity index (χ0) is 19.6. The van der Waals surface area contributed by atoms with Gasteiger partial charge in [0, 0.05) is 12.1 Å². The van der Waals surface area contributed by atoms with Crippen LogP contribution in [0.4, 0.5) is 0 Å². The average Bonchev–Trinajstić information content (AvgIpc) is 2.74. The van der Waals surface area contributed by atoms with Crippen molar-refractivity contribution in [3.63, 3.8) is 0 Å². The van der Waals surface area contributed by atoms with E-state index in [4.69, 9.17) is 9.47 Å². The van der Waals surface area contributed by atoms with Crippen LogP contribution in [0.5, 0.6) is 5.75 Å². The van der Waals surface area contributed by atoms with Crippen LogP contribution in [0.25, 0.3) is 0 Å². The molecule has 3 rings (SSSR count). The van der Waals surface area contributed by atoms with E-state index < -0.39 is 0 Å². The van der Waals surface area contributed by atoms with Crippen LogP contribution in [0.15, 0.2) is 78.9 Å². The summed E-state index contributed by atoms with van der Waals surface area (Å²) in [6.07, 6.45) is 0.296. The van der Waals surface area contributed by atoms with Crippen LogP contribution in [0.1, 0.15) is 22.3 Å². The van der Waals surface area contributed by atoms with Gasteiger partial charge >= 0.3 is 0 Å². The number of amides is 1. The number of para-hydroxylation sites is 1. The van der Waals surface area contributed by atoms with Crippen molar-refractivity contribution in [2.75, 3.05) is 7.11 Å². The van der Waals surface area contributed by atoms with E-state index in [0.29, 0.717) is 26.2 Å². The van der Waals surface area contributed by atoms with Crippen LogP contribution in [-0.4, -0.2) is 13.0 Å². The zero-order valence-corrected chi connectivity index (χ0v) is 16.1. The quantitative estimate of drug-likeness (QED) is 0.608. The monoisotopic (exact) mass is 375 g/mol. The molecule has 28 heavy (non-hydrogen) atoms. The summed E-state index contributed by atoms with van der Waals surface area (Å²) in [5.41, 5.74) is 4.18. The predicted octanol–water partition coefficient (Wildman–Crippen LogP) is 4.27. The SMILES string of the molecule is COc1ccccc1CC(=O)NCc1cccc(COCc2ccccc2)c1. The third-order valence-electron chi connectivity index (χ3n) is 4.40. The predicted molar refractivity (Wildman–Crippen MR) is 110 cm³/mol. The summed E-state index contributed by atoms with van der Waals surface area (Å²) in [4.78, 5) is 12.3. The molecule has 0 fully saturated rings. The second-order valence-electron chi connectivity index (χ2n) is 6.56. The first kappa shape index (κ1) is 19.6. The van der Waals surface area contributed by atoms with Gasteiger partial charge in [-0.1, -0.05) is 72.8 Å². The molecule has 0 aliphatic rings. The zero-order valence-electron chi connectivity index (χ0n) is 16.1. The molecule has 0 bridgehead atoms. The van der Waals surface area contributed by atoms with E-state index in [-0.39, 0.29) is 5.91 Å². The Morgan fingerprint density at radius 1 is 0.821 bits per heavy atom. The second-order valence-corrected chi connectivity index (χ2v) is 6.56. The number of benzene rings is 3. The lowest BCUT2D eigenvalue weighted by Gasteiger charge is -2.10. The fourth-order valence-electron chi connectivity index (χ4n) is 2.98. The summed E-state index contributed by atoms with van der Waals surface area (Å²) in [7, 11) is 1.61. The highest BCUT2D eigenvalue weighted by atomic mass is 16.5. The van der Waals surface area contributed by atoms with Gasteiger partial charge in [-0.15, -0.1) is 0 Å². The first-order valence-electron chi connectivity index (χ1n) is 9.32. The third kappa shape index (κ3) is 5.96. The molecule has 0 saturated carbocycles. The molecule has 3 aromatic rings. The van der Waals surface area contributed by atoms with Crippen molar-refractivity contribution in [1.29, 1.82) is 0 Å². The van der Waals surface area contributed by atoms with Gasteiger partial charge in [0.1, 0.15) is 5.75 Å². The van der Waals surface area contributed by atoms with Crippen LogP contribution < -0.4 is 10.1 Å². The van der Waals surface area contributed by atoms with Crippen LogP contribution >= 0.6 is 0 Å². The molecule has 1 N–H and O–H groups in total. The first-order valence-corrected chi connectivity index (χ1v) is 9.32. The highest BCUT2D eigenvalue weighted by molar-refractivity contribution is 5.79. The number of methoxy groups -OCH3 is 1. The van der Waals surface area contributed by atoms with Gasteiger partial charge in [-0.3, -0.25) is 4.79 Å². The van der Waals surface area contributed by atoms with E-state index in [0.717, 1.165) is 28.0 Å². The van der Waals surface area contributed by atoms with E-state index >= 15 is 0 Å². The summed E-state index contributed by atoms with van der Waals surface area (Å²) >= 11 is 0. The minimum Gasteiger partial charge on any atom is -0.496 e. The average molecular weight is 375 g/mol. The van der Waals surface area contributed by atoms with Gasteiger partial charge in [-0.25, -0.2) is 0 Å². The molecule has 0 spiro atoms. The molecule has 1 amide bonds. The van der Waals surface area contributed by atoms with Crippen LogP contribution in [0.3, 0.4) is 0 Å². The molecule has 0 atom stereocenters. The van der Waals surface area contributed by atoms with E-state index in [2.05, 4.69) is 11.4 Å². The highest BCUT2D eigenvalue weighted by Crippen LogP contribution is 2.17. The molecule has 4 nitrogen and oxygen atoms in total. The largest absolute Gasteiger partial charge is 0.496 e. The van der Waals surface area contributed by atoms with Crippen molar-refractivity contribution in [2.24, 2.45) is 0 Å². The minimum atomic E-state index is -0.0322. The maximum atomic E-state index is 12.3. The molecule has 0 aromatic heterocycles. The van der Waals surface area contributed by atoms with E-state index in [9.17, 15) is 4.79 Å². The van der Waals surface area contributed by atoms with Crippen molar-refractivity contribution < 1.29 is 14.3 Å². The Balaban J connectivity index is 1.48. The Morgan fingerprint density at radius 2 is 1.50 bits per heavy atom. The molecule has 0 aliphatic carbocycles. The topological polar surface area (TPSA) is 47.6 Å². The van der Waals surface area contributed by atoms with Crippen molar-refractivity contribution >= 4 is 5.91 Å². The lowest BCUT2D eigenvalue weighted by Crippen LogP contribution is -2.24. The highest BCUT2D eigenvalue weighted by Gasteiger charge is 2.08. The summed E-state index contributed by atoms with van der Waals surface area (Å²) in [6, 6.07) is 25.8. The molecule has 0 heterocycles. The molecule has 0 saturated heterocycles. The second kappa shape index (κ2) is 10.3. The number of hydrogen-bond donors (Lipinski definition) is 1. The molecular formula is C24H25NO3. The minimum absolute atomic E-state index is 0.0322. The Bertz CT molecular complexity index is 893. The van der Waals surface area contributed by atoms with Crippen molar-refractivity contribution in [1.82, 2.24) is 5.32 Å². The van der Waals surface area contributed by atoms with Crippen LogP contribution in [-0.2, 0) is 35.7 Å². The van der Waals surface area contributed by atoms with Crippen molar-refractivity contribution in [3.8, 4) is 5.75 Å². The summed E-state index contributed by atoms with van der Waals surface area (Å²) in [5.74, 6) is 0.699. The molecule has 0 unspecified atom stereocenters. The van der Waals surface area contributed by atoms with Crippen LogP contribution in [0.2, 0.25) is 0 Å². The lowest BCUT2D eigenvalue weighted by molar-refractivity contribution is -0.120. The number of rotatable bonds is 9. The Kier molecular flexibility index (Phi) is 7.21. The lowest BCUT2D eigenvalue weighted by atomic mass is 10.1. The molecule has 3 aromatic carbocycles. The van der Waals surface area contributed by atoms with Gasteiger partial charge in [0.25, 0.3) is 0 Å². The summed E-state index contributed by atoms with van der Waals surface area (Å²) < 4.78 is 11.1. The summed E-state index contributed by atoms with van der Waals surface area (Å²) in [6.45, 7) is 1.61. The first-order chi connectivity index (χ1) is 13.7. The third-order valence-corrected chi connectivity index (χ3v) is 4.40. The van der Waals surface area contributed by atoms with Crippen molar-refractivity contribution in [3.05, 3.63) is 101 Å². The van der Waals surface area contributed by atoms with Gasteiger partial charge in [0.15, 0.2) is 0 Å². The number of nitrogens with one attached hydrogen (secondary N) is 1. The van der Waals surface area contributed by atoms with Gasteiger partial charge in [-0.2, -0.15) is 0 Å². The van der Waals surface area contributed by atoms with E-state index in [1.807, 2.05) is 72.8 Å². The fraction of sp³-hybridized carbons (Fsp3) is 0.208. The Hall–Kier alpha value is -3.11. The van der Waals surface area contributed by atoms with E-state index in [1.165, 1.54) is 0 Å². The molecular weight excluding hydrogens is 350 g/mol. The van der Waals surface area contributed by atoms with Gasteiger partial charge in [-0.05, 0) is 22.8 Å². The molecule has 4 heteroatoms. The van der Waals surface area contributed by atoms with Gasteiger partial charge in [0.2, 0.25) is 5.91 Å². The van der Waals surface area contributed by atoms with Gasteiger partial charge < -0.3 is 14.8 Å². The molecule has 0 aliphatic heterocycles.